The number of benzene rings is 1. The van der Waals surface area contributed by atoms with Gasteiger partial charge in [0.25, 0.3) is 0 Å². The second kappa shape index (κ2) is 9.13. The molecule has 3 fully saturated rings. The Morgan fingerprint density at radius 1 is 0.968 bits per heavy atom. The van der Waals surface area contributed by atoms with Gasteiger partial charge >= 0.3 is 0 Å². The van der Waals surface area contributed by atoms with Crippen molar-refractivity contribution in [3.63, 3.8) is 0 Å². The van der Waals surface area contributed by atoms with Crippen LogP contribution in [0.3, 0.4) is 0 Å². The van der Waals surface area contributed by atoms with E-state index in [4.69, 9.17) is 0 Å². The van der Waals surface area contributed by atoms with E-state index in [0.717, 1.165) is 45.0 Å². The van der Waals surface area contributed by atoms with Crippen LogP contribution in [0.2, 0.25) is 0 Å². The molecule has 3 aliphatic rings. The number of hydrogen-bond donors (Lipinski definition) is 0. The van der Waals surface area contributed by atoms with Crippen molar-refractivity contribution in [3.05, 3.63) is 54.1 Å². The van der Waals surface area contributed by atoms with Gasteiger partial charge in [-0.3, -0.25) is 14.6 Å². The summed E-state index contributed by atoms with van der Waals surface area (Å²) in [6.07, 6.45) is 11.5. The molecule has 6 heteroatoms. The van der Waals surface area contributed by atoms with Crippen LogP contribution in [0.1, 0.15) is 56.0 Å². The zero-order chi connectivity index (χ0) is 21.2. The zero-order valence-electron chi connectivity index (χ0n) is 18.7. The average Bonchev–Trinajstić information content (AvgIpc) is 3.20. The molecule has 0 bridgehead atoms. The van der Waals surface area contributed by atoms with E-state index in [2.05, 4.69) is 61.6 Å². The first-order valence-electron chi connectivity index (χ1n) is 12.0. The molecule has 0 N–H and O–H groups in total. The topological polar surface area (TPSA) is 44.6 Å². The van der Waals surface area contributed by atoms with Gasteiger partial charge in [-0.25, -0.2) is 4.98 Å². The number of imidazole rings is 1. The fourth-order valence-electron chi connectivity index (χ4n) is 5.73. The Hall–Kier alpha value is -2.18. The lowest BCUT2D eigenvalue weighted by molar-refractivity contribution is -0.146. The van der Waals surface area contributed by atoms with Crippen LogP contribution in [0, 0.1) is 0 Å². The molecule has 2 saturated heterocycles. The number of amides is 1. The molecule has 3 heterocycles. The van der Waals surface area contributed by atoms with Gasteiger partial charge in [-0.1, -0.05) is 49.6 Å². The molecule has 1 amide bonds. The van der Waals surface area contributed by atoms with Gasteiger partial charge in [-0.2, -0.15) is 0 Å². The Bertz CT molecular complexity index is 867. The minimum absolute atomic E-state index is 0.126. The fraction of sp³-hybridized carbons (Fsp3) is 0.600. The molecule has 1 saturated carbocycles. The number of aryl methyl sites for hydroxylation is 1. The number of nitrogens with zero attached hydrogens (tertiary/aromatic N) is 5. The molecule has 2 atom stereocenters. The minimum Gasteiger partial charge on any atom is -0.339 e. The number of likely N-dealkylation sites (tertiary alicyclic amines) is 1. The molecular formula is C25H35N5O. The van der Waals surface area contributed by atoms with Gasteiger partial charge < -0.3 is 9.47 Å². The third kappa shape index (κ3) is 4.15. The van der Waals surface area contributed by atoms with Gasteiger partial charge in [0.05, 0.1) is 12.1 Å². The number of carbonyl (C=O) groups is 1. The summed E-state index contributed by atoms with van der Waals surface area (Å²) in [5, 5.41) is 0. The molecule has 2 aliphatic heterocycles. The summed E-state index contributed by atoms with van der Waals surface area (Å²) >= 11 is 0. The van der Waals surface area contributed by atoms with Crippen LogP contribution in [-0.2, 0) is 11.8 Å². The Morgan fingerprint density at radius 2 is 1.71 bits per heavy atom. The van der Waals surface area contributed by atoms with Crippen LogP contribution in [-0.4, -0.2) is 75.0 Å². The lowest BCUT2D eigenvalue weighted by atomic mass is 9.88. The molecule has 1 aliphatic carbocycles. The summed E-state index contributed by atoms with van der Waals surface area (Å²) in [5.41, 5.74) is 1.26. The summed E-state index contributed by atoms with van der Waals surface area (Å²) in [7, 11) is 2.06. The molecule has 0 radical (unpaired) electrons. The van der Waals surface area contributed by atoms with E-state index >= 15 is 0 Å². The lowest BCUT2D eigenvalue weighted by Gasteiger charge is -2.49. The van der Waals surface area contributed by atoms with E-state index in [1.807, 2.05) is 12.4 Å². The molecular weight excluding hydrogens is 386 g/mol. The molecule has 6 nitrogen and oxygen atoms in total. The minimum atomic E-state index is 0.126. The van der Waals surface area contributed by atoms with Crippen molar-refractivity contribution in [2.24, 2.45) is 7.05 Å². The smallest absolute Gasteiger partial charge is 0.240 e. The summed E-state index contributed by atoms with van der Waals surface area (Å²) in [6, 6.07) is 11.5. The third-order valence-corrected chi connectivity index (χ3v) is 7.60. The van der Waals surface area contributed by atoms with Crippen LogP contribution in [0.25, 0.3) is 0 Å². The highest BCUT2D eigenvalue weighted by Gasteiger charge is 2.41. The van der Waals surface area contributed by atoms with Crippen LogP contribution in [0.15, 0.2) is 42.7 Å². The van der Waals surface area contributed by atoms with Crippen LogP contribution >= 0.6 is 0 Å². The molecule has 31 heavy (non-hydrogen) atoms. The van der Waals surface area contributed by atoms with Crippen molar-refractivity contribution < 1.29 is 4.79 Å². The van der Waals surface area contributed by atoms with Crippen molar-refractivity contribution >= 4 is 5.91 Å². The highest BCUT2D eigenvalue weighted by atomic mass is 16.2. The summed E-state index contributed by atoms with van der Waals surface area (Å²) in [4.78, 5) is 25.1. The number of rotatable bonds is 5. The predicted octanol–water partition coefficient (Wildman–Crippen LogP) is 3.06. The molecule has 2 aromatic rings. The molecule has 5 rings (SSSR count). The van der Waals surface area contributed by atoms with Crippen LogP contribution in [0.4, 0.5) is 0 Å². The van der Waals surface area contributed by atoms with E-state index in [-0.39, 0.29) is 12.1 Å². The largest absolute Gasteiger partial charge is 0.339 e. The second-order valence-corrected chi connectivity index (χ2v) is 9.40. The monoisotopic (exact) mass is 421 g/mol. The van der Waals surface area contributed by atoms with Gasteiger partial charge in [-0.05, 0) is 24.8 Å². The summed E-state index contributed by atoms with van der Waals surface area (Å²) < 4.78 is 2.12. The van der Waals surface area contributed by atoms with Crippen molar-refractivity contribution in [3.8, 4) is 0 Å². The first-order valence-corrected chi connectivity index (χ1v) is 12.0. The number of aromatic nitrogens is 2. The van der Waals surface area contributed by atoms with Crippen molar-refractivity contribution in [2.75, 3.05) is 32.7 Å². The van der Waals surface area contributed by atoms with E-state index in [0.29, 0.717) is 11.9 Å². The Morgan fingerprint density at radius 3 is 2.32 bits per heavy atom. The molecule has 166 valence electrons. The van der Waals surface area contributed by atoms with Crippen LogP contribution in [0.5, 0.6) is 0 Å². The average molecular weight is 422 g/mol. The molecule has 1 aromatic heterocycles. The summed E-state index contributed by atoms with van der Waals surface area (Å²) in [5.74, 6) is 1.43. The first kappa shape index (κ1) is 20.7. The number of carbonyl (C=O) groups excluding carboxylic acids is 1. The van der Waals surface area contributed by atoms with E-state index in [1.54, 1.807) is 0 Å². The van der Waals surface area contributed by atoms with Gasteiger partial charge in [0, 0.05) is 58.2 Å². The van der Waals surface area contributed by atoms with E-state index < -0.39 is 0 Å². The van der Waals surface area contributed by atoms with Crippen molar-refractivity contribution in [1.29, 1.82) is 0 Å². The fourth-order valence-corrected chi connectivity index (χ4v) is 5.73. The van der Waals surface area contributed by atoms with Crippen LogP contribution < -0.4 is 0 Å². The Balaban J connectivity index is 1.25. The SMILES string of the molecule is Cn1ccnc1[C@H](c1ccccc1)N1CCN(C(=O)[C@H]2CCN2C2CCCCC2)CC1. The first-order chi connectivity index (χ1) is 15.2. The van der Waals surface area contributed by atoms with E-state index in [9.17, 15) is 4.79 Å². The second-order valence-electron chi connectivity index (χ2n) is 9.40. The standard InChI is InChI=1S/C25H35N5O/c1-27-15-13-26-24(27)23(20-8-4-2-5-9-20)28-16-18-29(19-17-28)25(31)22-12-14-30(22)21-10-6-3-7-11-21/h2,4-5,8-9,13,15,21-23H,3,6-7,10-12,14,16-19H2,1H3/t22-,23+/m1/s1. The maximum absolute atomic E-state index is 13.3. The van der Waals surface area contributed by atoms with Crippen molar-refractivity contribution in [1.82, 2.24) is 24.3 Å². The molecule has 0 spiro atoms. The van der Waals surface area contributed by atoms with Gasteiger partial charge in [0.2, 0.25) is 5.91 Å². The lowest BCUT2D eigenvalue weighted by Crippen LogP contribution is -2.62. The highest BCUT2D eigenvalue weighted by molar-refractivity contribution is 5.83. The van der Waals surface area contributed by atoms with Gasteiger partial charge in [0.1, 0.15) is 5.82 Å². The third-order valence-electron chi connectivity index (χ3n) is 7.60. The highest BCUT2D eigenvalue weighted by Crippen LogP contribution is 2.32. The summed E-state index contributed by atoms with van der Waals surface area (Å²) in [6.45, 7) is 4.49. The quantitative estimate of drug-likeness (QED) is 0.744. The van der Waals surface area contributed by atoms with Crippen molar-refractivity contribution in [2.45, 2.75) is 56.7 Å². The molecule has 1 aromatic carbocycles. The molecule has 0 unspecified atom stereocenters. The van der Waals surface area contributed by atoms with Gasteiger partial charge in [-0.15, -0.1) is 0 Å². The van der Waals surface area contributed by atoms with E-state index in [1.165, 1.54) is 37.7 Å². The maximum atomic E-state index is 13.3. The number of hydrogen-bond acceptors (Lipinski definition) is 4. The Labute approximate surface area is 185 Å². The predicted molar refractivity (Wildman–Crippen MR) is 122 cm³/mol. The Kier molecular flexibility index (Phi) is 6.10. The number of piperazine rings is 1. The normalized spacial score (nSPS) is 24.7. The van der Waals surface area contributed by atoms with Gasteiger partial charge in [0.15, 0.2) is 0 Å². The maximum Gasteiger partial charge on any atom is 0.240 e. The zero-order valence-corrected chi connectivity index (χ0v) is 18.7.